The van der Waals surface area contributed by atoms with Gasteiger partial charge in [0.25, 0.3) is 0 Å². The standard InChI is InChI=1S/C18H16ClNO3/c19-12-8-9-14(18(22)23)15(10-12)17(21)20-16-7-3-5-11-4-1-2-6-13(11)16/h1-8,14-15H,9-10H2,(H,20,21)(H,22,23)/t14-,15-/m1/s1. The molecular formula is C18H16ClNO3. The van der Waals surface area contributed by atoms with Crippen LogP contribution < -0.4 is 5.32 Å². The molecule has 2 atom stereocenters. The Labute approximate surface area is 138 Å². The van der Waals surface area contributed by atoms with Crippen LogP contribution in [0.2, 0.25) is 0 Å². The molecule has 2 aromatic carbocycles. The summed E-state index contributed by atoms with van der Waals surface area (Å²) in [6.07, 6.45) is 2.22. The maximum Gasteiger partial charge on any atom is 0.307 e. The maximum absolute atomic E-state index is 12.6. The summed E-state index contributed by atoms with van der Waals surface area (Å²) in [5.74, 6) is -2.68. The molecule has 0 saturated heterocycles. The molecule has 2 aromatic rings. The highest BCUT2D eigenvalue weighted by Crippen LogP contribution is 2.33. The molecule has 4 nitrogen and oxygen atoms in total. The van der Waals surface area contributed by atoms with Gasteiger partial charge in [0.05, 0.1) is 11.8 Å². The number of anilines is 1. The van der Waals surface area contributed by atoms with Crippen LogP contribution in [-0.2, 0) is 9.59 Å². The molecule has 0 radical (unpaired) electrons. The number of benzene rings is 2. The van der Waals surface area contributed by atoms with E-state index in [2.05, 4.69) is 5.32 Å². The van der Waals surface area contributed by atoms with Crippen molar-refractivity contribution in [2.45, 2.75) is 12.8 Å². The molecular weight excluding hydrogens is 314 g/mol. The van der Waals surface area contributed by atoms with E-state index in [1.165, 1.54) is 0 Å². The third-order valence-corrected chi connectivity index (χ3v) is 4.50. The van der Waals surface area contributed by atoms with Crippen LogP contribution in [0.25, 0.3) is 10.8 Å². The monoisotopic (exact) mass is 329 g/mol. The van der Waals surface area contributed by atoms with Crippen molar-refractivity contribution < 1.29 is 14.7 Å². The molecule has 1 aliphatic rings. The van der Waals surface area contributed by atoms with Crippen LogP contribution in [0.5, 0.6) is 0 Å². The average Bonchev–Trinajstić information content (AvgIpc) is 2.54. The van der Waals surface area contributed by atoms with Crippen molar-refractivity contribution in [2.75, 3.05) is 5.32 Å². The molecule has 0 aromatic heterocycles. The number of nitrogens with one attached hydrogen (secondary N) is 1. The number of carboxylic acid groups (broad SMARTS) is 1. The molecule has 0 heterocycles. The van der Waals surface area contributed by atoms with Crippen molar-refractivity contribution in [3.05, 3.63) is 53.6 Å². The number of hydrogen-bond acceptors (Lipinski definition) is 2. The first kappa shape index (κ1) is 15.6. The van der Waals surface area contributed by atoms with E-state index in [1.54, 1.807) is 6.08 Å². The van der Waals surface area contributed by atoms with Gasteiger partial charge in [0, 0.05) is 16.1 Å². The van der Waals surface area contributed by atoms with Crippen molar-refractivity contribution in [3.8, 4) is 0 Å². The Bertz CT molecular complexity index is 794. The van der Waals surface area contributed by atoms with Crippen LogP contribution in [0.3, 0.4) is 0 Å². The van der Waals surface area contributed by atoms with Crippen molar-refractivity contribution >= 4 is 39.9 Å². The van der Waals surface area contributed by atoms with Gasteiger partial charge in [-0.05, 0) is 24.3 Å². The number of aliphatic carboxylic acids is 1. The lowest BCUT2D eigenvalue weighted by Crippen LogP contribution is -2.35. The molecule has 118 valence electrons. The predicted molar refractivity (Wildman–Crippen MR) is 90.4 cm³/mol. The minimum Gasteiger partial charge on any atom is -0.481 e. The Morgan fingerprint density at radius 2 is 1.83 bits per heavy atom. The normalized spacial score (nSPS) is 20.8. The number of fused-ring (bicyclic) bond motifs is 1. The summed E-state index contributed by atoms with van der Waals surface area (Å²) in [6.45, 7) is 0. The van der Waals surface area contributed by atoms with Gasteiger partial charge in [-0.1, -0.05) is 54.1 Å². The van der Waals surface area contributed by atoms with Crippen LogP contribution in [0, 0.1) is 11.8 Å². The van der Waals surface area contributed by atoms with E-state index >= 15 is 0 Å². The second-order valence-corrected chi connectivity index (χ2v) is 6.14. The highest BCUT2D eigenvalue weighted by Gasteiger charge is 2.36. The molecule has 0 fully saturated rings. The smallest absolute Gasteiger partial charge is 0.307 e. The number of allylic oxidation sites excluding steroid dienone is 2. The summed E-state index contributed by atoms with van der Waals surface area (Å²) in [5, 5.41) is 14.7. The van der Waals surface area contributed by atoms with Gasteiger partial charge in [0.15, 0.2) is 0 Å². The first-order valence-electron chi connectivity index (χ1n) is 7.42. The number of rotatable bonds is 3. The van der Waals surface area contributed by atoms with E-state index in [4.69, 9.17) is 11.6 Å². The van der Waals surface area contributed by atoms with Crippen LogP contribution >= 0.6 is 11.6 Å². The van der Waals surface area contributed by atoms with Crippen LogP contribution in [-0.4, -0.2) is 17.0 Å². The number of carboxylic acids is 1. The third kappa shape index (κ3) is 3.22. The molecule has 23 heavy (non-hydrogen) atoms. The van der Waals surface area contributed by atoms with Crippen LogP contribution in [0.4, 0.5) is 5.69 Å². The van der Waals surface area contributed by atoms with Gasteiger partial charge in [0.2, 0.25) is 5.91 Å². The second-order valence-electron chi connectivity index (χ2n) is 5.66. The molecule has 5 heteroatoms. The number of carbonyl (C=O) groups excluding carboxylic acids is 1. The Kier molecular flexibility index (Phi) is 4.35. The topological polar surface area (TPSA) is 66.4 Å². The van der Waals surface area contributed by atoms with E-state index < -0.39 is 17.8 Å². The van der Waals surface area contributed by atoms with Gasteiger partial charge in [-0.15, -0.1) is 0 Å². The van der Waals surface area contributed by atoms with Gasteiger partial charge >= 0.3 is 5.97 Å². The van der Waals surface area contributed by atoms with Crippen LogP contribution in [0.1, 0.15) is 12.8 Å². The number of hydrogen-bond donors (Lipinski definition) is 2. The van der Waals surface area contributed by atoms with Gasteiger partial charge in [-0.25, -0.2) is 0 Å². The van der Waals surface area contributed by atoms with E-state index in [0.29, 0.717) is 10.7 Å². The quantitative estimate of drug-likeness (QED) is 0.894. The summed E-state index contributed by atoms with van der Waals surface area (Å²) in [6, 6.07) is 13.4. The van der Waals surface area contributed by atoms with Crippen molar-refractivity contribution in [1.29, 1.82) is 0 Å². The summed E-state index contributed by atoms with van der Waals surface area (Å²) in [4.78, 5) is 24.0. The molecule has 0 spiro atoms. The van der Waals surface area contributed by atoms with E-state index in [-0.39, 0.29) is 18.7 Å². The summed E-state index contributed by atoms with van der Waals surface area (Å²) in [5.41, 5.74) is 0.683. The minimum atomic E-state index is -0.969. The first-order valence-corrected chi connectivity index (χ1v) is 7.80. The molecule has 0 bridgehead atoms. The first-order chi connectivity index (χ1) is 11.1. The Morgan fingerprint density at radius 1 is 1.09 bits per heavy atom. The zero-order valence-electron chi connectivity index (χ0n) is 12.3. The maximum atomic E-state index is 12.6. The van der Waals surface area contributed by atoms with Crippen molar-refractivity contribution in [2.24, 2.45) is 11.8 Å². The summed E-state index contributed by atoms with van der Waals surface area (Å²) in [7, 11) is 0. The highest BCUT2D eigenvalue weighted by molar-refractivity contribution is 6.29. The largest absolute Gasteiger partial charge is 0.481 e. The highest BCUT2D eigenvalue weighted by atomic mass is 35.5. The second kappa shape index (κ2) is 6.42. The lowest BCUT2D eigenvalue weighted by molar-refractivity contribution is -0.146. The fourth-order valence-electron chi connectivity index (χ4n) is 2.96. The molecule has 1 aliphatic carbocycles. The fraction of sp³-hybridized carbons (Fsp3) is 0.222. The molecule has 0 unspecified atom stereocenters. The van der Waals surface area contributed by atoms with Gasteiger partial charge < -0.3 is 10.4 Å². The van der Waals surface area contributed by atoms with E-state index in [0.717, 1.165) is 10.8 Å². The Morgan fingerprint density at radius 3 is 2.61 bits per heavy atom. The summed E-state index contributed by atoms with van der Waals surface area (Å²) >= 11 is 6.01. The molecule has 2 N–H and O–H groups in total. The van der Waals surface area contributed by atoms with Crippen molar-refractivity contribution in [3.63, 3.8) is 0 Å². The molecule has 1 amide bonds. The lowest BCUT2D eigenvalue weighted by atomic mass is 9.82. The number of carbonyl (C=O) groups is 2. The zero-order valence-corrected chi connectivity index (χ0v) is 13.1. The van der Waals surface area contributed by atoms with Crippen LogP contribution in [0.15, 0.2) is 53.6 Å². The average molecular weight is 330 g/mol. The third-order valence-electron chi connectivity index (χ3n) is 4.20. The fourth-order valence-corrected chi connectivity index (χ4v) is 3.22. The lowest BCUT2D eigenvalue weighted by Gasteiger charge is -2.26. The van der Waals surface area contributed by atoms with Gasteiger partial charge in [-0.2, -0.15) is 0 Å². The van der Waals surface area contributed by atoms with Gasteiger partial charge in [0.1, 0.15) is 0 Å². The minimum absolute atomic E-state index is 0.259. The SMILES string of the molecule is O=C(O)[C@@H]1CC=C(Cl)C[C@H]1C(=O)Nc1cccc2ccccc12. The zero-order chi connectivity index (χ0) is 16.4. The van der Waals surface area contributed by atoms with E-state index in [1.807, 2.05) is 42.5 Å². The summed E-state index contributed by atoms with van der Waals surface area (Å²) < 4.78 is 0. The Hall–Kier alpha value is -2.33. The van der Waals surface area contributed by atoms with Gasteiger partial charge in [-0.3, -0.25) is 9.59 Å². The number of amides is 1. The van der Waals surface area contributed by atoms with E-state index in [9.17, 15) is 14.7 Å². The molecule has 0 saturated carbocycles. The number of halogens is 1. The van der Waals surface area contributed by atoms with Crippen molar-refractivity contribution in [1.82, 2.24) is 0 Å². The predicted octanol–water partition coefficient (Wildman–Crippen LogP) is 4.01. The molecule has 0 aliphatic heterocycles. The Balaban J connectivity index is 1.88. The molecule has 3 rings (SSSR count).